The van der Waals surface area contributed by atoms with E-state index in [0.29, 0.717) is 11.3 Å². The van der Waals surface area contributed by atoms with E-state index in [4.69, 9.17) is 0 Å². The highest BCUT2D eigenvalue weighted by molar-refractivity contribution is 8.00. The third-order valence-electron chi connectivity index (χ3n) is 2.14. The summed E-state index contributed by atoms with van der Waals surface area (Å²) in [7, 11) is 0. The summed E-state index contributed by atoms with van der Waals surface area (Å²) in [6, 6.07) is 3.64. The summed E-state index contributed by atoms with van der Waals surface area (Å²) >= 11 is 1.33. The quantitative estimate of drug-likeness (QED) is 0.631. The van der Waals surface area contributed by atoms with Crippen molar-refractivity contribution in [2.45, 2.75) is 5.37 Å². The molecule has 1 aromatic rings. The fraction of sp³-hybridized carbons (Fsp3) is 0.222. The SMILES string of the molecule is O=C1CSC(c2ccc([N+](=O)[O-])c(F)c2)N1. The standard InChI is InChI=1S/C9H7FN2O3S/c10-6-3-5(1-2-7(6)12(14)15)9-11-8(13)4-16-9/h1-3,9H,4H2,(H,11,13). The first-order valence-corrected chi connectivity index (χ1v) is 5.47. The number of rotatable bonds is 2. The maximum atomic E-state index is 13.3. The van der Waals surface area contributed by atoms with Crippen LogP contribution >= 0.6 is 11.8 Å². The van der Waals surface area contributed by atoms with E-state index in [9.17, 15) is 19.3 Å². The molecule has 1 amide bonds. The lowest BCUT2D eigenvalue weighted by Crippen LogP contribution is -2.19. The Kier molecular flexibility index (Phi) is 2.78. The van der Waals surface area contributed by atoms with E-state index in [1.807, 2.05) is 0 Å². The lowest BCUT2D eigenvalue weighted by Gasteiger charge is -2.08. The van der Waals surface area contributed by atoms with Gasteiger partial charge in [0, 0.05) is 6.07 Å². The highest BCUT2D eigenvalue weighted by Crippen LogP contribution is 2.32. The molecule has 1 unspecified atom stereocenters. The number of nitro groups is 1. The zero-order chi connectivity index (χ0) is 11.7. The number of nitro benzene ring substituents is 1. The first-order valence-electron chi connectivity index (χ1n) is 4.43. The third kappa shape index (κ3) is 1.99. The Balaban J connectivity index is 2.27. The number of hydrogen-bond donors (Lipinski definition) is 1. The fourth-order valence-electron chi connectivity index (χ4n) is 1.40. The van der Waals surface area contributed by atoms with Crippen LogP contribution in [0, 0.1) is 15.9 Å². The van der Waals surface area contributed by atoms with E-state index in [1.54, 1.807) is 0 Å². The van der Waals surface area contributed by atoms with Gasteiger partial charge in [0.1, 0.15) is 5.37 Å². The summed E-state index contributed by atoms with van der Waals surface area (Å²) in [6.45, 7) is 0. The number of carbonyl (C=O) groups is 1. The van der Waals surface area contributed by atoms with E-state index < -0.39 is 16.4 Å². The number of benzene rings is 1. The van der Waals surface area contributed by atoms with Crippen LogP contribution in [0.2, 0.25) is 0 Å². The minimum atomic E-state index is -0.885. The number of hydrogen-bond acceptors (Lipinski definition) is 4. The van der Waals surface area contributed by atoms with Gasteiger partial charge in [0.05, 0.1) is 10.7 Å². The Morgan fingerprint density at radius 1 is 1.56 bits per heavy atom. The van der Waals surface area contributed by atoms with E-state index in [0.717, 1.165) is 12.1 Å². The maximum absolute atomic E-state index is 13.3. The summed E-state index contributed by atoms with van der Waals surface area (Å²) in [5.41, 5.74) is -0.0305. The van der Waals surface area contributed by atoms with Crippen LogP contribution in [0.15, 0.2) is 18.2 Å². The minimum absolute atomic E-state index is 0.117. The Morgan fingerprint density at radius 2 is 2.31 bits per heavy atom. The molecule has 1 aliphatic heterocycles. The Labute approximate surface area is 94.2 Å². The van der Waals surface area contributed by atoms with Crippen LogP contribution in [0.25, 0.3) is 0 Å². The molecule has 7 heteroatoms. The van der Waals surface area contributed by atoms with Crippen molar-refractivity contribution < 1.29 is 14.1 Å². The van der Waals surface area contributed by atoms with Gasteiger partial charge in [0.15, 0.2) is 0 Å². The predicted molar refractivity (Wildman–Crippen MR) is 56.4 cm³/mol. The molecule has 0 aliphatic carbocycles. The van der Waals surface area contributed by atoms with Crippen molar-refractivity contribution in [2.24, 2.45) is 0 Å². The van der Waals surface area contributed by atoms with Crippen LogP contribution in [-0.2, 0) is 4.79 Å². The van der Waals surface area contributed by atoms with Crippen LogP contribution < -0.4 is 5.32 Å². The van der Waals surface area contributed by atoms with Crippen molar-refractivity contribution in [3.63, 3.8) is 0 Å². The Bertz CT molecular complexity index is 466. The molecule has 1 atom stereocenters. The molecule has 2 rings (SSSR count). The Hall–Kier alpha value is -1.63. The second kappa shape index (κ2) is 4.09. The summed E-state index contributed by atoms with van der Waals surface area (Å²) in [5.74, 6) is -0.679. The number of nitrogens with one attached hydrogen (secondary N) is 1. The Morgan fingerprint density at radius 3 is 2.81 bits per heavy atom. The molecular formula is C9H7FN2O3S. The molecule has 0 radical (unpaired) electrons. The predicted octanol–water partition coefficient (Wildman–Crippen LogP) is 1.60. The average molecular weight is 242 g/mol. The molecule has 1 saturated heterocycles. The molecule has 84 valence electrons. The minimum Gasteiger partial charge on any atom is -0.339 e. The van der Waals surface area contributed by atoms with Gasteiger partial charge in [0.2, 0.25) is 11.7 Å². The lowest BCUT2D eigenvalue weighted by atomic mass is 10.2. The van der Waals surface area contributed by atoms with Gasteiger partial charge in [-0.25, -0.2) is 0 Å². The van der Waals surface area contributed by atoms with Gasteiger partial charge in [-0.05, 0) is 17.7 Å². The van der Waals surface area contributed by atoms with E-state index >= 15 is 0 Å². The molecular weight excluding hydrogens is 235 g/mol. The van der Waals surface area contributed by atoms with Gasteiger partial charge in [-0.2, -0.15) is 4.39 Å². The maximum Gasteiger partial charge on any atom is 0.304 e. The number of halogens is 1. The van der Waals surface area contributed by atoms with Crippen molar-refractivity contribution in [1.82, 2.24) is 5.32 Å². The third-order valence-corrected chi connectivity index (χ3v) is 3.30. The number of thioether (sulfide) groups is 1. The fourth-order valence-corrected chi connectivity index (χ4v) is 2.36. The van der Waals surface area contributed by atoms with Gasteiger partial charge >= 0.3 is 5.69 Å². The largest absolute Gasteiger partial charge is 0.339 e. The molecule has 16 heavy (non-hydrogen) atoms. The second-order valence-electron chi connectivity index (χ2n) is 3.23. The lowest BCUT2D eigenvalue weighted by molar-refractivity contribution is -0.387. The van der Waals surface area contributed by atoms with Crippen LogP contribution in [0.3, 0.4) is 0 Å². The average Bonchev–Trinajstić information content (AvgIpc) is 2.64. The molecule has 0 aromatic heterocycles. The zero-order valence-electron chi connectivity index (χ0n) is 7.97. The summed E-state index contributed by atoms with van der Waals surface area (Å²) in [4.78, 5) is 20.6. The van der Waals surface area contributed by atoms with Crippen molar-refractivity contribution in [3.8, 4) is 0 Å². The molecule has 5 nitrogen and oxygen atoms in total. The van der Waals surface area contributed by atoms with Gasteiger partial charge in [-0.1, -0.05) is 0 Å². The summed E-state index contributed by atoms with van der Waals surface area (Å²) < 4.78 is 13.3. The van der Waals surface area contributed by atoms with E-state index in [2.05, 4.69) is 5.32 Å². The summed E-state index contributed by atoms with van der Waals surface area (Å²) in [6.07, 6.45) is 0. The van der Waals surface area contributed by atoms with E-state index in [1.165, 1.54) is 17.8 Å². The van der Waals surface area contributed by atoms with Crippen LogP contribution in [0.1, 0.15) is 10.9 Å². The smallest absolute Gasteiger partial charge is 0.304 e. The van der Waals surface area contributed by atoms with Gasteiger partial charge < -0.3 is 5.32 Å². The normalized spacial score (nSPS) is 19.6. The van der Waals surface area contributed by atoms with Crippen LogP contribution in [0.4, 0.5) is 10.1 Å². The number of nitrogens with zero attached hydrogens (tertiary/aromatic N) is 1. The first kappa shape index (κ1) is 10.9. The summed E-state index contributed by atoms with van der Waals surface area (Å²) in [5, 5.41) is 12.7. The number of carbonyl (C=O) groups excluding carboxylic acids is 1. The monoisotopic (exact) mass is 242 g/mol. The van der Waals surface area contributed by atoms with Crippen molar-refractivity contribution in [3.05, 3.63) is 39.7 Å². The van der Waals surface area contributed by atoms with Gasteiger partial charge in [-0.3, -0.25) is 14.9 Å². The molecule has 0 bridgehead atoms. The highest BCUT2D eigenvalue weighted by atomic mass is 32.2. The molecule has 0 spiro atoms. The van der Waals surface area contributed by atoms with Gasteiger partial charge in [-0.15, -0.1) is 11.8 Å². The number of amides is 1. The van der Waals surface area contributed by atoms with Crippen molar-refractivity contribution in [2.75, 3.05) is 5.75 Å². The molecule has 1 heterocycles. The highest BCUT2D eigenvalue weighted by Gasteiger charge is 2.25. The molecule has 1 N–H and O–H groups in total. The second-order valence-corrected chi connectivity index (χ2v) is 4.32. The topological polar surface area (TPSA) is 72.2 Å². The molecule has 0 saturated carbocycles. The molecule has 1 aromatic carbocycles. The first-order chi connectivity index (χ1) is 7.58. The van der Waals surface area contributed by atoms with Crippen molar-refractivity contribution in [1.29, 1.82) is 0 Å². The molecule has 1 aliphatic rings. The van der Waals surface area contributed by atoms with Crippen molar-refractivity contribution >= 4 is 23.4 Å². The van der Waals surface area contributed by atoms with Gasteiger partial charge in [0.25, 0.3) is 0 Å². The van der Waals surface area contributed by atoms with Crippen LogP contribution in [-0.4, -0.2) is 16.6 Å². The van der Waals surface area contributed by atoms with Crippen LogP contribution in [0.5, 0.6) is 0 Å². The zero-order valence-corrected chi connectivity index (χ0v) is 8.79. The van der Waals surface area contributed by atoms with E-state index in [-0.39, 0.29) is 11.3 Å². The molecule has 1 fully saturated rings.